The van der Waals surface area contributed by atoms with Gasteiger partial charge in [0.2, 0.25) is 5.56 Å². The van der Waals surface area contributed by atoms with Crippen molar-refractivity contribution in [1.29, 1.82) is 0 Å². The molecule has 0 radical (unpaired) electrons. The number of aromatic amines is 1. The molecule has 4 aromatic heterocycles. The van der Waals surface area contributed by atoms with Crippen molar-refractivity contribution in [3.05, 3.63) is 70.8 Å². The van der Waals surface area contributed by atoms with E-state index < -0.39 is 0 Å². The number of anilines is 2. The highest BCUT2D eigenvalue weighted by molar-refractivity contribution is 6.04. The molecule has 34 heavy (non-hydrogen) atoms. The van der Waals surface area contributed by atoms with E-state index >= 15 is 0 Å². The molecule has 0 fully saturated rings. The van der Waals surface area contributed by atoms with Gasteiger partial charge in [-0.25, -0.2) is 14.6 Å². The lowest BCUT2D eigenvalue weighted by Crippen LogP contribution is -2.14. The molecule has 0 aliphatic carbocycles. The first-order valence-corrected chi connectivity index (χ1v) is 10.2. The number of nitrogens with two attached hydrogens (primary N) is 1. The Kier molecular flexibility index (Phi) is 5.22. The topological polar surface area (TPSA) is 167 Å². The maximum atomic E-state index is 12.4. The fourth-order valence-corrected chi connectivity index (χ4v) is 3.42. The number of nitrogens with one attached hydrogen (secondary N) is 2. The SMILES string of the molecule is CCn1c(-c2nonc2N)nc2ncc(Oc3cccc(NC(=O)c4ccc(=O)[nH]c4)c3)cc21. The normalized spacial score (nSPS) is 11.0. The summed E-state index contributed by atoms with van der Waals surface area (Å²) in [7, 11) is 0. The summed E-state index contributed by atoms with van der Waals surface area (Å²) in [6.45, 7) is 2.53. The van der Waals surface area contributed by atoms with Gasteiger partial charge in [0.05, 0.1) is 17.3 Å². The van der Waals surface area contributed by atoms with Crippen molar-refractivity contribution in [2.75, 3.05) is 11.1 Å². The molecule has 5 aromatic rings. The minimum atomic E-state index is -0.363. The Bertz CT molecular complexity index is 1550. The van der Waals surface area contributed by atoms with Crippen LogP contribution in [0.4, 0.5) is 11.5 Å². The summed E-state index contributed by atoms with van der Waals surface area (Å²) in [5, 5.41) is 10.2. The van der Waals surface area contributed by atoms with Gasteiger partial charge in [0.25, 0.3) is 5.91 Å². The summed E-state index contributed by atoms with van der Waals surface area (Å²) in [4.78, 5) is 35.0. The summed E-state index contributed by atoms with van der Waals surface area (Å²) in [6.07, 6.45) is 2.90. The molecule has 0 saturated heterocycles. The molecule has 0 aliphatic rings. The van der Waals surface area contributed by atoms with Crippen molar-refractivity contribution >= 4 is 28.6 Å². The van der Waals surface area contributed by atoms with Crippen LogP contribution in [0, 0.1) is 0 Å². The molecule has 1 amide bonds. The lowest BCUT2D eigenvalue weighted by Gasteiger charge is -2.09. The van der Waals surface area contributed by atoms with Gasteiger partial charge in [0.1, 0.15) is 11.5 Å². The van der Waals surface area contributed by atoms with Crippen LogP contribution in [0.3, 0.4) is 0 Å². The molecule has 170 valence electrons. The second-order valence-corrected chi connectivity index (χ2v) is 7.22. The Morgan fingerprint density at radius 2 is 2.09 bits per heavy atom. The Labute approximate surface area is 191 Å². The standard InChI is InChI=1S/C22H18N8O4/c1-2-30-16-9-15(11-25-20(16)27-21(30)18-19(23)29-34-28-18)33-14-5-3-4-13(8-14)26-22(32)12-6-7-17(31)24-10-12/h3-11H,2H2,1H3,(H2,23,29)(H,24,31)(H,26,32). The van der Waals surface area contributed by atoms with Gasteiger partial charge < -0.3 is 25.3 Å². The van der Waals surface area contributed by atoms with E-state index in [9.17, 15) is 9.59 Å². The summed E-state index contributed by atoms with van der Waals surface area (Å²) in [6, 6.07) is 11.5. The average molecular weight is 458 g/mol. The molecule has 0 bridgehead atoms. The highest BCUT2D eigenvalue weighted by atomic mass is 16.6. The molecule has 0 unspecified atom stereocenters. The molecule has 4 heterocycles. The van der Waals surface area contributed by atoms with Gasteiger partial charge in [0.15, 0.2) is 23.0 Å². The number of hydrogen-bond donors (Lipinski definition) is 3. The Morgan fingerprint density at radius 3 is 2.82 bits per heavy atom. The molecule has 1 aromatic carbocycles. The minimum Gasteiger partial charge on any atom is -0.456 e. The van der Waals surface area contributed by atoms with Gasteiger partial charge in [-0.1, -0.05) is 6.07 Å². The Morgan fingerprint density at radius 1 is 1.21 bits per heavy atom. The number of pyridine rings is 2. The number of carbonyl (C=O) groups excluding carboxylic acids is 1. The minimum absolute atomic E-state index is 0.141. The lowest BCUT2D eigenvalue weighted by atomic mass is 10.2. The van der Waals surface area contributed by atoms with Crippen LogP contribution >= 0.6 is 0 Å². The summed E-state index contributed by atoms with van der Waals surface area (Å²) < 4.78 is 12.6. The third kappa shape index (κ3) is 3.95. The summed E-state index contributed by atoms with van der Waals surface area (Å²) in [5.74, 6) is 1.24. The van der Waals surface area contributed by atoms with Crippen molar-refractivity contribution in [3.63, 3.8) is 0 Å². The number of rotatable bonds is 6. The summed E-state index contributed by atoms with van der Waals surface area (Å²) in [5.41, 5.74) is 7.96. The fraction of sp³-hybridized carbons (Fsp3) is 0.0909. The number of nitrogens with zero attached hydrogens (tertiary/aromatic N) is 5. The van der Waals surface area contributed by atoms with Crippen molar-refractivity contribution in [2.24, 2.45) is 0 Å². The third-order valence-corrected chi connectivity index (χ3v) is 5.00. The first-order chi connectivity index (χ1) is 16.5. The number of fused-ring (bicyclic) bond motifs is 1. The number of aromatic nitrogens is 6. The predicted octanol–water partition coefficient (Wildman–Crippen LogP) is 2.82. The number of aryl methyl sites for hydroxylation is 1. The van der Waals surface area contributed by atoms with E-state index in [4.69, 9.17) is 15.1 Å². The molecule has 12 nitrogen and oxygen atoms in total. The molecule has 0 saturated carbocycles. The van der Waals surface area contributed by atoms with Crippen LogP contribution in [0.25, 0.3) is 22.7 Å². The van der Waals surface area contributed by atoms with Crippen LogP contribution in [-0.2, 0) is 6.54 Å². The smallest absolute Gasteiger partial charge is 0.257 e. The monoisotopic (exact) mass is 458 g/mol. The number of ether oxygens (including phenoxy) is 1. The van der Waals surface area contributed by atoms with Crippen LogP contribution in [0.15, 0.2) is 64.3 Å². The number of amides is 1. The maximum absolute atomic E-state index is 12.4. The molecule has 5 rings (SSSR count). The zero-order valence-electron chi connectivity index (χ0n) is 17.8. The van der Waals surface area contributed by atoms with Crippen molar-refractivity contribution in [1.82, 2.24) is 29.8 Å². The fourth-order valence-electron chi connectivity index (χ4n) is 3.42. The zero-order chi connectivity index (χ0) is 23.7. The quantitative estimate of drug-likeness (QED) is 0.346. The number of H-pyrrole nitrogens is 1. The van der Waals surface area contributed by atoms with Gasteiger partial charge >= 0.3 is 0 Å². The van der Waals surface area contributed by atoms with E-state index in [-0.39, 0.29) is 17.3 Å². The van der Waals surface area contributed by atoms with Gasteiger partial charge in [-0.3, -0.25) is 9.59 Å². The number of hydrogen-bond acceptors (Lipinski definition) is 9. The highest BCUT2D eigenvalue weighted by Gasteiger charge is 2.19. The van der Waals surface area contributed by atoms with Crippen molar-refractivity contribution in [2.45, 2.75) is 13.5 Å². The predicted molar refractivity (Wildman–Crippen MR) is 122 cm³/mol. The number of benzene rings is 1. The number of carbonyl (C=O) groups is 1. The van der Waals surface area contributed by atoms with Crippen LogP contribution in [-0.4, -0.2) is 35.7 Å². The molecule has 0 atom stereocenters. The second kappa shape index (κ2) is 8.50. The van der Waals surface area contributed by atoms with Crippen molar-refractivity contribution in [3.8, 4) is 23.0 Å². The van der Waals surface area contributed by atoms with Crippen LogP contribution in [0.1, 0.15) is 17.3 Å². The highest BCUT2D eigenvalue weighted by Crippen LogP contribution is 2.30. The number of nitrogen functional groups attached to an aromatic ring is 1. The van der Waals surface area contributed by atoms with Crippen LogP contribution in [0.5, 0.6) is 11.5 Å². The van der Waals surface area contributed by atoms with E-state index in [0.29, 0.717) is 46.5 Å². The Hall–Kier alpha value is -5.00. The van der Waals surface area contributed by atoms with Crippen molar-refractivity contribution < 1.29 is 14.2 Å². The lowest BCUT2D eigenvalue weighted by molar-refractivity contribution is 0.102. The van der Waals surface area contributed by atoms with E-state index in [1.165, 1.54) is 18.3 Å². The third-order valence-electron chi connectivity index (χ3n) is 5.00. The largest absolute Gasteiger partial charge is 0.456 e. The van der Waals surface area contributed by atoms with Gasteiger partial charge in [-0.2, -0.15) is 0 Å². The molecule has 12 heteroatoms. The zero-order valence-corrected chi connectivity index (χ0v) is 17.8. The van der Waals surface area contributed by atoms with Crippen LogP contribution in [0.2, 0.25) is 0 Å². The first kappa shape index (κ1) is 20.9. The molecule has 0 spiro atoms. The first-order valence-electron chi connectivity index (χ1n) is 10.2. The van der Waals surface area contributed by atoms with E-state index in [1.807, 2.05) is 11.5 Å². The van der Waals surface area contributed by atoms with E-state index in [2.05, 4.69) is 30.6 Å². The molecular weight excluding hydrogens is 440 g/mol. The molecular formula is C22H18N8O4. The van der Waals surface area contributed by atoms with Gasteiger partial charge in [0, 0.05) is 36.6 Å². The van der Waals surface area contributed by atoms with Gasteiger partial charge in [-0.15, -0.1) is 0 Å². The molecule has 0 aliphatic heterocycles. The molecule has 4 N–H and O–H groups in total. The average Bonchev–Trinajstić information content (AvgIpc) is 3.42. The van der Waals surface area contributed by atoms with E-state index in [0.717, 1.165) is 5.52 Å². The summed E-state index contributed by atoms with van der Waals surface area (Å²) >= 11 is 0. The van der Waals surface area contributed by atoms with Gasteiger partial charge in [-0.05, 0) is 35.4 Å². The van der Waals surface area contributed by atoms with E-state index in [1.54, 1.807) is 36.5 Å². The number of imidazole rings is 1. The van der Waals surface area contributed by atoms with Crippen LogP contribution < -0.4 is 21.3 Å². The maximum Gasteiger partial charge on any atom is 0.257 e. The Balaban J connectivity index is 1.40. The second-order valence-electron chi connectivity index (χ2n) is 7.22.